The Bertz CT molecular complexity index is 469. The SMILES string of the molecule is CC[C@H](C)c1ccccc1OC[C@H](O)CN1C[C@H](C)O[C@@H](C)C1. The van der Waals surface area contributed by atoms with E-state index in [1.54, 1.807) is 0 Å². The van der Waals surface area contributed by atoms with E-state index in [2.05, 4.69) is 38.7 Å². The Balaban J connectivity index is 1.86. The van der Waals surface area contributed by atoms with Gasteiger partial charge in [0.05, 0.1) is 12.2 Å². The molecular weight excluding hydrogens is 290 g/mol. The van der Waals surface area contributed by atoms with E-state index in [-0.39, 0.29) is 12.2 Å². The third-order valence-corrected chi connectivity index (χ3v) is 4.46. The second-order valence-electron chi connectivity index (χ2n) is 6.79. The number of para-hydroxylation sites is 1. The molecule has 1 heterocycles. The van der Waals surface area contributed by atoms with Crippen LogP contribution in [0.2, 0.25) is 0 Å². The number of ether oxygens (including phenoxy) is 2. The molecule has 1 fully saturated rings. The molecule has 0 aromatic heterocycles. The molecule has 4 heteroatoms. The normalized spacial score (nSPS) is 25.1. The molecule has 0 unspecified atom stereocenters. The molecule has 0 radical (unpaired) electrons. The minimum absolute atomic E-state index is 0.220. The molecule has 0 bridgehead atoms. The lowest BCUT2D eigenvalue weighted by atomic mass is 9.98. The van der Waals surface area contributed by atoms with Crippen molar-refractivity contribution in [1.29, 1.82) is 0 Å². The van der Waals surface area contributed by atoms with Crippen LogP contribution >= 0.6 is 0 Å². The van der Waals surface area contributed by atoms with E-state index in [4.69, 9.17) is 9.47 Å². The number of rotatable bonds is 7. The summed E-state index contributed by atoms with van der Waals surface area (Å²) in [6.07, 6.45) is 1.03. The molecule has 4 atom stereocenters. The van der Waals surface area contributed by atoms with Crippen LogP contribution in [0.25, 0.3) is 0 Å². The van der Waals surface area contributed by atoms with E-state index in [0.29, 0.717) is 19.1 Å². The van der Waals surface area contributed by atoms with Crippen molar-refractivity contribution in [2.45, 2.75) is 58.3 Å². The number of aliphatic hydroxyl groups excluding tert-OH is 1. The predicted octanol–water partition coefficient (Wildman–Crippen LogP) is 3.05. The molecule has 0 aliphatic carbocycles. The number of nitrogens with zero attached hydrogens (tertiary/aromatic N) is 1. The molecule has 1 aliphatic rings. The maximum Gasteiger partial charge on any atom is 0.122 e. The van der Waals surface area contributed by atoms with Crippen LogP contribution < -0.4 is 4.74 Å². The smallest absolute Gasteiger partial charge is 0.122 e. The second-order valence-corrected chi connectivity index (χ2v) is 6.79. The fourth-order valence-corrected chi connectivity index (χ4v) is 3.21. The molecular formula is C19H31NO3. The van der Waals surface area contributed by atoms with E-state index >= 15 is 0 Å². The van der Waals surface area contributed by atoms with Gasteiger partial charge in [-0.1, -0.05) is 32.0 Å². The monoisotopic (exact) mass is 321 g/mol. The number of aliphatic hydroxyl groups is 1. The molecule has 2 rings (SSSR count). The van der Waals surface area contributed by atoms with Gasteiger partial charge in [-0.25, -0.2) is 0 Å². The molecule has 1 N–H and O–H groups in total. The van der Waals surface area contributed by atoms with Gasteiger partial charge in [-0.15, -0.1) is 0 Å². The molecule has 1 aromatic rings. The molecule has 4 nitrogen and oxygen atoms in total. The van der Waals surface area contributed by atoms with Crippen molar-refractivity contribution >= 4 is 0 Å². The summed E-state index contributed by atoms with van der Waals surface area (Å²) in [6.45, 7) is 11.2. The molecule has 0 saturated carbocycles. The van der Waals surface area contributed by atoms with Gasteiger partial charge in [0.1, 0.15) is 18.5 Å². The fourth-order valence-electron chi connectivity index (χ4n) is 3.21. The minimum atomic E-state index is -0.488. The van der Waals surface area contributed by atoms with Gasteiger partial charge in [0.2, 0.25) is 0 Å². The van der Waals surface area contributed by atoms with Crippen molar-refractivity contribution in [2.75, 3.05) is 26.2 Å². The van der Waals surface area contributed by atoms with E-state index in [0.717, 1.165) is 25.3 Å². The summed E-state index contributed by atoms with van der Waals surface area (Å²) in [5.74, 6) is 1.36. The first kappa shape index (κ1) is 18.2. The Morgan fingerprint density at radius 2 is 1.91 bits per heavy atom. The van der Waals surface area contributed by atoms with Gasteiger partial charge >= 0.3 is 0 Å². The van der Waals surface area contributed by atoms with Gasteiger partial charge < -0.3 is 14.6 Å². The number of morpholine rings is 1. The highest BCUT2D eigenvalue weighted by atomic mass is 16.5. The molecule has 0 spiro atoms. The molecule has 130 valence electrons. The fraction of sp³-hybridized carbons (Fsp3) is 0.684. The third kappa shape index (κ3) is 5.48. The van der Waals surface area contributed by atoms with Gasteiger partial charge in [-0.3, -0.25) is 4.90 Å². The number of hydrogen-bond acceptors (Lipinski definition) is 4. The Labute approximate surface area is 140 Å². The van der Waals surface area contributed by atoms with Gasteiger partial charge in [-0.05, 0) is 37.8 Å². The summed E-state index contributed by atoms with van der Waals surface area (Å²) >= 11 is 0. The summed E-state index contributed by atoms with van der Waals surface area (Å²) in [5, 5.41) is 10.3. The van der Waals surface area contributed by atoms with Crippen molar-refractivity contribution in [3.8, 4) is 5.75 Å². The van der Waals surface area contributed by atoms with Crippen LogP contribution in [-0.2, 0) is 4.74 Å². The van der Waals surface area contributed by atoms with Gasteiger partial charge in [0.15, 0.2) is 0 Å². The van der Waals surface area contributed by atoms with Gasteiger partial charge in [-0.2, -0.15) is 0 Å². The first-order valence-corrected chi connectivity index (χ1v) is 8.77. The second kappa shape index (κ2) is 8.67. The summed E-state index contributed by atoms with van der Waals surface area (Å²) in [6, 6.07) is 8.13. The Kier molecular flexibility index (Phi) is 6.88. The van der Waals surface area contributed by atoms with Crippen molar-refractivity contribution in [3.05, 3.63) is 29.8 Å². The van der Waals surface area contributed by atoms with Gasteiger partial charge in [0, 0.05) is 19.6 Å². The number of hydrogen-bond donors (Lipinski definition) is 1. The lowest BCUT2D eigenvalue weighted by molar-refractivity contribution is -0.0787. The summed E-state index contributed by atoms with van der Waals surface area (Å²) in [7, 11) is 0. The van der Waals surface area contributed by atoms with Crippen LogP contribution in [-0.4, -0.2) is 54.6 Å². The summed E-state index contributed by atoms with van der Waals surface area (Å²) in [4.78, 5) is 2.26. The number of benzene rings is 1. The van der Waals surface area contributed by atoms with Crippen LogP contribution in [0.5, 0.6) is 5.75 Å². The zero-order valence-corrected chi connectivity index (χ0v) is 14.9. The predicted molar refractivity (Wildman–Crippen MR) is 93.1 cm³/mol. The minimum Gasteiger partial charge on any atom is -0.491 e. The maximum atomic E-state index is 10.3. The zero-order valence-electron chi connectivity index (χ0n) is 14.9. The van der Waals surface area contributed by atoms with Crippen molar-refractivity contribution in [3.63, 3.8) is 0 Å². The molecule has 1 aromatic carbocycles. The van der Waals surface area contributed by atoms with Crippen molar-refractivity contribution in [1.82, 2.24) is 4.90 Å². The van der Waals surface area contributed by atoms with Crippen LogP contribution in [0.15, 0.2) is 24.3 Å². The average molecular weight is 321 g/mol. The highest BCUT2D eigenvalue weighted by molar-refractivity contribution is 5.35. The molecule has 1 saturated heterocycles. The molecule has 23 heavy (non-hydrogen) atoms. The van der Waals surface area contributed by atoms with E-state index in [1.165, 1.54) is 5.56 Å². The van der Waals surface area contributed by atoms with Crippen LogP contribution in [0, 0.1) is 0 Å². The molecule has 1 aliphatic heterocycles. The lowest BCUT2D eigenvalue weighted by Crippen LogP contribution is -2.48. The molecule has 0 amide bonds. The number of β-amino-alcohol motifs (C(OH)–C–C–N with tert-alkyl or cyclic N) is 1. The van der Waals surface area contributed by atoms with Crippen molar-refractivity contribution < 1.29 is 14.6 Å². The van der Waals surface area contributed by atoms with Crippen LogP contribution in [0.3, 0.4) is 0 Å². The first-order valence-electron chi connectivity index (χ1n) is 8.77. The van der Waals surface area contributed by atoms with Gasteiger partial charge in [0.25, 0.3) is 0 Å². The standard InChI is InChI=1S/C19H31NO3/c1-5-14(2)18-8-6-7-9-19(18)22-13-17(21)12-20-10-15(3)23-16(4)11-20/h6-9,14-17,21H,5,10-13H2,1-4H3/t14-,15-,16-,17+/m0/s1. The van der Waals surface area contributed by atoms with Crippen LogP contribution in [0.1, 0.15) is 45.6 Å². The van der Waals surface area contributed by atoms with Crippen LogP contribution in [0.4, 0.5) is 0 Å². The van der Waals surface area contributed by atoms with E-state index < -0.39 is 6.10 Å². The lowest BCUT2D eigenvalue weighted by Gasteiger charge is -2.36. The average Bonchev–Trinajstić information content (AvgIpc) is 2.51. The summed E-state index contributed by atoms with van der Waals surface area (Å²) in [5.41, 5.74) is 1.22. The highest BCUT2D eigenvalue weighted by Crippen LogP contribution is 2.28. The summed E-state index contributed by atoms with van der Waals surface area (Å²) < 4.78 is 11.6. The largest absolute Gasteiger partial charge is 0.491 e. The zero-order chi connectivity index (χ0) is 16.8. The Hall–Kier alpha value is -1.10. The Morgan fingerprint density at radius 3 is 2.57 bits per heavy atom. The third-order valence-electron chi connectivity index (χ3n) is 4.46. The first-order chi connectivity index (χ1) is 11.0. The highest BCUT2D eigenvalue weighted by Gasteiger charge is 2.24. The quantitative estimate of drug-likeness (QED) is 0.838. The Morgan fingerprint density at radius 1 is 1.26 bits per heavy atom. The maximum absolute atomic E-state index is 10.3. The van der Waals surface area contributed by atoms with E-state index in [9.17, 15) is 5.11 Å². The topological polar surface area (TPSA) is 41.9 Å². The van der Waals surface area contributed by atoms with E-state index in [1.807, 2.05) is 18.2 Å². The van der Waals surface area contributed by atoms with Crippen molar-refractivity contribution in [2.24, 2.45) is 0 Å².